The molecule has 0 aliphatic heterocycles. The highest BCUT2D eigenvalue weighted by Crippen LogP contribution is 2.20. The zero-order valence-corrected chi connectivity index (χ0v) is 9.04. The largest absolute Gasteiger partial charge is 0.286 e. The topological polar surface area (TPSA) is 40.5 Å². The van der Waals surface area contributed by atoms with Crippen LogP contribution in [0.3, 0.4) is 0 Å². The Bertz CT molecular complexity index is 172. The molecule has 0 aromatic rings. The second kappa shape index (κ2) is 6.02. The van der Waals surface area contributed by atoms with E-state index >= 15 is 0 Å². The average molecular weight is 199 g/mol. The molecule has 14 heavy (non-hydrogen) atoms. The third kappa shape index (κ3) is 3.66. The summed E-state index contributed by atoms with van der Waals surface area (Å²) in [5.41, 5.74) is 0. The summed E-state index contributed by atoms with van der Waals surface area (Å²) in [4.78, 5) is 11.0. The summed E-state index contributed by atoms with van der Waals surface area (Å²) < 4.78 is 0. The molecule has 0 unspecified atom stereocenters. The molecular weight excluding hydrogens is 178 g/mol. The highest BCUT2D eigenvalue weighted by molar-refractivity contribution is 5.72. The van der Waals surface area contributed by atoms with Gasteiger partial charge in [0, 0.05) is 6.92 Å². The first-order valence-corrected chi connectivity index (χ1v) is 5.70. The fourth-order valence-corrected chi connectivity index (χ4v) is 2.11. The lowest BCUT2D eigenvalue weighted by atomic mass is 10.0. The summed E-state index contributed by atoms with van der Waals surface area (Å²) in [5, 5.41) is 10.5. The molecule has 0 atom stereocenters. The Morgan fingerprint density at radius 2 is 1.50 bits per heavy atom. The van der Waals surface area contributed by atoms with Gasteiger partial charge in [0.15, 0.2) is 0 Å². The Kier molecular flexibility index (Phi) is 4.94. The molecule has 3 heteroatoms. The third-order valence-corrected chi connectivity index (χ3v) is 2.99. The molecule has 0 heterocycles. The number of hydroxylamine groups is 2. The van der Waals surface area contributed by atoms with Gasteiger partial charge in [0.1, 0.15) is 0 Å². The number of rotatable bonds is 1. The van der Waals surface area contributed by atoms with E-state index in [4.69, 9.17) is 0 Å². The van der Waals surface area contributed by atoms with Crippen LogP contribution in [0.2, 0.25) is 0 Å². The minimum atomic E-state index is -0.228. The summed E-state index contributed by atoms with van der Waals surface area (Å²) in [6.07, 6.45) is 9.26. The van der Waals surface area contributed by atoms with Gasteiger partial charge in [0.25, 0.3) is 0 Å². The number of hydrogen-bond donors (Lipinski definition) is 1. The number of hydrogen-bond acceptors (Lipinski definition) is 2. The Balaban J connectivity index is 2.42. The van der Waals surface area contributed by atoms with Crippen LogP contribution < -0.4 is 0 Å². The van der Waals surface area contributed by atoms with Crippen LogP contribution in [0, 0.1) is 0 Å². The molecule has 0 aromatic carbocycles. The van der Waals surface area contributed by atoms with Crippen molar-refractivity contribution in [3.05, 3.63) is 0 Å². The van der Waals surface area contributed by atoms with E-state index < -0.39 is 0 Å². The van der Waals surface area contributed by atoms with E-state index in [2.05, 4.69) is 0 Å². The first-order chi connectivity index (χ1) is 6.72. The lowest BCUT2D eigenvalue weighted by Crippen LogP contribution is -2.35. The van der Waals surface area contributed by atoms with Crippen LogP contribution in [0.5, 0.6) is 0 Å². The molecular formula is C11H21NO2. The predicted octanol–water partition coefficient (Wildman–Crippen LogP) is 2.73. The van der Waals surface area contributed by atoms with Crippen LogP contribution in [0.1, 0.15) is 58.3 Å². The van der Waals surface area contributed by atoms with Crippen molar-refractivity contribution in [1.29, 1.82) is 0 Å². The molecule has 82 valence electrons. The van der Waals surface area contributed by atoms with Crippen LogP contribution in [0.4, 0.5) is 0 Å². The fraction of sp³-hybridized carbons (Fsp3) is 0.909. The molecule has 3 nitrogen and oxygen atoms in total. The molecule has 1 N–H and O–H groups in total. The van der Waals surface area contributed by atoms with Crippen molar-refractivity contribution in [3.63, 3.8) is 0 Å². The average Bonchev–Trinajstić information content (AvgIpc) is 2.29. The van der Waals surface area contributed by atoms with Crippen molar-refractivity contribution in [2.75, 3.05) is 0 Å². The summed E-state index contributed by atoms with van der Waals surface area (Å²) >= 11 is 0. The number of carbonyl (C=O) groups is 1. The van der Waals surface area contributed by atoms with Crippen molar-refractivity contribution in [1.82, 2.24) is 5.06 Å². The van der Waals surface area contributed by atoms with Crippen LogP contribution in [0.25, 0.3) is 0 Å². The van der Waals surface area contributed by atoms with Gasteiger partial charge in [-0.05, 0) is 12.8 Å². The molecule has 1 rings (SSSR count). The normalized spacial score (nSPS) is 20.7. The standard InChI is InChI=1S/C11H21NO2/c1-10(13)12(14)11-8-6-4-2-3-5-7-9-11/h11,14H,2-9H2,1H3. The van der Waals surface area contributed by atoms with Gasteiger partial charge in [-0.15, -0.1) is 0 Å². The Hall–Kier alpha value is -0.570. The minimum Gasteiger partial charge on any atom is -0.286 e. The van der Waals surface area contributed by atoms with Crippen molar-refractivity contribution in [2.24, 2.45) is 0 Å². The van der Waals surface area contributed by atoms with E-state index in [0.717, 1.165) is 30.7 Å². The van der Waals surface area contributed by atoms with Gasteiger partial charge in [-0.1, -0.05) is 38.5 Å². The van der Waals surface area contributed by atoms with E-state index in [9.17, 15) is 10.0 Å². The molecule has 1 saturated carbocycles. The lowest BCUT2D eigenvalue weighted by molar-refractivity contribution is -0.174. The number of amides is 1. The molecule has 0 bridgehead atoms. The SMILES string of the molecule is CC(=O)N(O)C1CCCCCCCC1. The second-order valence-corrected chi connectivity index (χ2v) is 4.22. The predicted molar refractivity (Wildman–Crippen MR) is 55.0 cm³/mol. The van der Waals surface area contributed by atoms with Gasteiger partial charge in [-0.2, -0.15) is 0 Å². The van der Waals surface area contributed by atoms with Gasteiger partial charge in [0.05, 0.1) is 6.04 Å². The Morgan fingerprint density at radius 1 is 1.07 bits per heavy atom. The number of carbonyl (C=O) groups excluding carboxylic acids is 1. The highest BCUT2D eigenvalue weighted by atomic mass is 16.5. The van der Waals surface area contributed by atoms with Crippen molar-refractivity contribution >= 4 is 5.91 Å². The Labute approximate surface area is 86.1 Å². The summed E-state index contributed by atoms with van der Waals surface area (Å²) in [6.45, 7) is 1.42. The highest BCUT2D eigenvalue weighted by Gasteiger charge is 2.19. The lowest BCUT2D eigenvalue weighted by Gasteiger charge is -2.24. The molecule has 0 saturated heterocycles. The number of nitrogens with zero attached hydrogens (tertiary/aromatic N) is 1. The van der Waals surface area contributed by atoms with Crippen molar-refractivity contribution < 1.29 is 10.0 Å². The van der Waals surface area contributed by atoms with E-state index in [1.54, 1.807) is 0 Å². The van der Waals surface area contributed by atoms with E-state index in [1.165, 1.54) is 32.6 Å². The summed E-state index contributed by atoms with van der Waals surface area (Å²) in [7, 11) is 0. The van der Waals surface area contributed by atoms with Crippen LogP contribution in [0.15, 0.2) is 0 Å². The first-order valence-electron chi connectivity index (χ1n) is 5.70. The zero-order valence-electron chi connectivity index (χ0n) is 9.04. The quantitative estimate of drug-likeness (QED) is 0.521. The Morgan fingerprint density at radius 3 is 1.93 bits per heavy atom. The van der Waals surface area contributed by atoms with Gasteiger partial charge in [-0.25, -0.2) is 5.06 Å². The smallest absolute Gasteiger partial charge is 0.243 e. The molecule has 1 amide bonds. The van der Waals surface area contributed by atoms with Crippen LogP contribution in [-0.2, 0) is 4.79 Å². The van der Waals surface area contributed by atoms with Crippen LogP contribution >= 0.6 is 0 Å². The molecule has 1 aliphatic rings. The van der Waals surface area contributed by atoms with E-state index in [-0.39, 0.29) is 11.9 Å². The third-order valence-electron chi connectivity index (χ3n) is 2.99. The van der Waals surface area contributed by atoms with Gasteiger partial charge in [-0.3, -0.25) is 10.0 Å². The van der Waals surface area contributed by atoms with Gasteiger partial charge in [0.2, 0.25) is 5.91 Å². The minimum absolute atomic E-state index is 0.0607. The molecule has 1 fully saturated rings. The maximum atomic E-state index is 11.0. The second-order valence-electron chi connectivity index (χ2n) is 4.22. The maximum absolute atomic E-state index is 11.0. The van der Waals surface area contributed by atoms with Crippen molar-refractivity contribution in [2.45, 2.75) is 64.3 Å². The molecule has 0 aromatic heterocycles. The molecule has 0 radical (unpaired) electrons. The first kappa shape index (κ1) is 11.5. The summed E-state index contributed by atoms with van der Waals surface area (Å²) in [5.74, 6) is -0.228. The van der Waals surface area contributed by atoms with Crippen molar-refractivity contribution in [3.8, 4) is 0 Å². The molecule has 1 aliphatic carbocycles. The van der Waals surface area contributed by atoms with E-state index in [1.807, 2.05) is 0 Å². The fourth-order valence-electron chi connectivity index (χ4n) is 2.11. The maximum Gasteiger partial charge on any atom is 0.243 e. The monoisotopic (exact) mass is 199 g/mol. The van der Waals surface area contributed by atoms with Gasteiger partial charge >= 0.3 is 0 Å². The molecule has 0 spiro atoms. The van der Waals surface area contributed by atoms with Crippen LogP contribution in [-0.4, -0.2) is 22.2 Å². The van der Waals surface area contributed by atoms with E-state index in [0.29, 0.717) is 0 Å². The zero-order chi connectivity index (χ0) is 10.4. The van der Waals surface area contributed by atoms with Gasteiger partial charge < -0.3 is 0 Å². The summed E-state index contributed by atoms with van der Waals surface area (Å²) in [6, 6.07) is 0.0607.